The molecular formula is C13H24N2O2. The van der Waals surface area contributed by atoms with E-state index >= 15 is 0 Å². The molecule has 1 unspecified atom stereocenters. The van der Waals surface area contributed by atoms with Crippen LogP contribution in [0.3, 0.4) is 0 Å². The van der Waals surface area contributed by atoms with E-state index in [1.54, 1.807) is 0 Å². The molecule has 1 aliphatic carbocycles. The van der Waals surface area contributed by atoms with Gasteiger partial charge in [0.15, 0.2) is 5.79 Å². The normalized spacial score (nSPS) is 37.9. The Morgan fingerprint density at radius 1 is 1.35 bits per heavy atom. The van der Waals surface area contributed by atoms with Gasteiger partial charge in [-0.15, -0.1) is 0 Å². The maximum Gasteiger partial charge on any atom is 0.168 e. The molecule has 1 N–H and O–H groups in total. The lowest BCUT2D eigenvalue weighted by Crippen LogP contribution is -2.52. The van der Waals surface area contributed by atoms with E-state index in [-0.39, 0.29) is 11.9 Å². The van der Waals surface area contributed by atoms with Gasteiger partial charge in [0.25, 0.3) is 0 Å². The van der Waals surface area contributed by atoms with Gasteiger partial charge >= 0.3 is 0 Å². The highest BCUT2D eigenvalue weighted by molar-refractivity contribution is 4.86. The maximum absolute atomic E-state index is 6.18. The molecule has 2 aliphatic heterocycles. The van der Waals surface area contributed by atoms with E-state index in [1.165, 1.54) is 12.8 Å². The van der Waals surface area contributed by atoms with Gasteiger partial charge in [0.05, 0.1) is 12.7 Å². The molecule has 0 radical (unpaired) electrons. The molecule has 3 fully saturated rings. The van der Waals surface area contributed by atoms with Gasteiger partial charge in [0.1, 0.15) is 0 Å². The zero-order valence-corrected chi connectivity index (χ0v) is 10.8. The van der Waals surface area contributed by atoms with Crippen LogP contribution in [-0.2, 0) is 9.47 Å². The zero-order chi connectivity index (χ0) is 11.7. The highest BCUT2D eigenvalue weighted by Gasteiger charge is 2.44. The minimum atomic E-state index is -0.193. The van der Waals surface area contributed by atoms with E-state index in [0.29, 0.717) is 6.04 Å². The van der Waals surface area contributed by atoms with Gasteiger partial charge in [0, 0.05) is 45.1 Å². The van der Waals surface area contributed by atoms with Gasteiger partial charge in [-0.05, 0) is 19.8 Å². The summed E-state index contributed by atoms with van der Waals surface area (Å²) < 4.78 is 12.1. The van der Waals surface area contributed by atoms with Crippen LogP contribution in [-0.4, -0.2) is 55.6 Å². The summed E-state index contributed by atoms with van der Waals surface area (Å²) in [5.74, 6) is -0.193. The molecule has 0 aromatic carbocycles. The van der Waals surface area contributed by atoms with Gasteiger partial charge in [-0.2, -0.15) is 0 Å². The summed E-state index contributed by atoms with van der Waals surface area (Å²) in [5, 5.41) is 3.42. The second-order valence-corrected chi connectivity index (χ2v) is 5.72. The monoisotopic (exact) mass is 240 g/mol. The fourth-order valence-electron chi connectivity index (χ4n) is 3.30. The Kier molecular flexibility index (Phi) is 3.39. The van der Waals surface area contributed by atoms with Crippen LogP contribution < -0.4 is 5.32 Å². The highest BCUT2D eigenvalue weighted by atomic mass is 16.7. The molecule has 3 aliphatic rings. The van der Waals surface area contributed by atoms with Crippen molar-refractivity contribution in [3.8, 4) is 0 Å². The summed E-state index contributed by atoms with van der Waals surface area (Å²) in [7, 11) is 0. The second-order valence-electron chi connectivity index (χ2n) is 5.72. The summed E-state index contributed by atoms with van der Waals surface area (Å²) in [6.07, 6.45) is 5.00. The van der Waals surface area contributed by atoms with Crippen LogP contribution in [0.4, 0.5) is 0 Å². The van der Waals surface area contributed by atoms with Crippen LogP contribution in [0, 0.1) is 0 Å². The lowest BCUT2D eigenvalue weighted by atomic mass is 10.2. The number of nitrogens with one attached hydrogen (secondary N) is 1. The van der Waals surface area contributed by atoms with Crippen molar-refractivity contribution in [2.45, 2.75) is 50.5 Å². The van der Waals surface area contributed by atoms with Crippen LogP contribution in [0.2, 0.25) is 0 Å². The first-order chi connectivity index (χ1) is 8.27. The molecule has 3 rings (SSSR count). The van der Waals surface area contributed by atoms with Crippen LogP contribution in [0.25, 0.3) is 0 Å². The number of piperazine rings is 1. The zero-order valence-electron chi connectivity index (χ0n) is 10.8. The van der Waals surface area contributed by atoms with Crippen LogP contribution >= 0.6 is 0 Å². The van der Waals surface area contributed by atoms with Crippen molar-refractivity contribution in [3.05, 3.63) is 0 Å². The molecular weight excluding hydrogens is 216 g/mol. The molecule has 0 amide bonds. The fourth-order valence-corrected chi connectivity index (χ4v) is 3.30. The topological polar surface area (TPSA) is 33.7 Å². The van der Waals surface area contributed by atoms with Crippen molar-refractivity contribution >= 4 is 0 Å². The first-order valence-corrected chi connectivity index (χ1v) is 7.04. The summed E-state index contributed by atoms with van der Waals surface area (Å²) in [6, 6.07) is 0.618. The Hall–Kier alpha value is -0.160. The van der Waals surface area contributed by atoms with Crippen LogP contribution in [0.5, 0.6) is 0 Å². The van der Waals surface area contributed by atoms with E-state index in [1.807, 2.05) is 0 Å². The minimum Gasteiger partial charge on any atom is -0.347 e. The fraction of sp³-hybridized carbons (Fsp3) is 1.00. The molecule has 4 nitrogen and oxygen atoms in total. The van der Waals surface area contributed by atoms with Crippen LogP contribution in [0.15, 0.2) is 0 Å². The maximum atomic E-state index is 6.18. The lowest BCUT2D eigenvalue weighted by Gasteiger charge is -2.35. The SMILES string of the molecule is C[C@H]1CNCCN1CC1COC2(CCCC2)O1. The first kappa shape index (κ1) is 11.9. The molecule has 0 aromatic rings. The molecule has 0 aromatic heterocycles. The Morgan fingerprint density at radius 2 is 2.18 bits per heavy atom. The molecule has 1 spiro atoms. The van der Waals surface area contributed by atoms with Gasteiger partial charge in [-0.1, -0.05) is 0 Å². The van der Waals surface area contributed by atoms with Gasteiger partial charge in [0.2, 0.25) is 0 Å². The summed E-state index contributed by atoms with van der Waals surface area (Å²) >= 11 is 0. The number of rotatable bonds is 2. The highest BCUT2D eigenvalue weighted by Crippen LogP contribution is 2.39. The number of ether oxygens (including phenoxy) is 2. The Labute approximate surface area is 104 Å². The van der Waals surface area contributed by atoms with E-state index in [9.17, 15) is 0 Å². The first-order valence-electron chi connectivity index (χ1n) is 7.04. The van der Waals surface area contributed by atoms with E-state index in [0.717, 1.165) is 45.6 Å². The van der Waals surface area contributed by atoms with Gasteiger partial charge < -0.3 is 14.8 Å². The largest absolute Gasteiger partial charge is 0.347 e. The van der Waals surface area contributed by atoms with E-state index in [2.05, 4.69) is 17.1 Å². The summed E-state index contributed by atoms with van der Waals surface area (Å²) in [4.78, 5) is 2.53. The molecule has 0 bridgehead atoms. The Morgan fingerprint density at radius 3 is 2.94 bits per heavy atom. The Bertz CT molecular complexity index is 266. The van der Waals surface area contributed by atoms with Crippen molar-refractivity contribution in [3.63, 3.8) is 0 Å². The smallest absolute Gasteiger partial charge is 0.168 e. The predicted molar refractivity (Wildman–Crippen MR) is 65.9 cm³/mol. The van der Waals surface area contributed by atoms with Crippen molar-refractivity contribution < 1.29 is 9.47 Å². The average molecular weight is 240 g/mol. The lowest BCUT2D eigenvalue weighted by molar-refractivity contribution is -0.164. The minimum absolute atomic E-state index is 0.193. The summed E-state index contributed by atoms with van der Waals surface area (Å²) in [5.41, 5.74) is 0. The quantitative estimate of drug-likeness (QED) is 0.780. The van der Waals surface area contributed by atoms with Crippen molar-refractivity contribution in [2.24, 2.45) is 0 Å². The third-order valence-corrected chi connectivity index (χ3v) is 4.36. The predicted octanol–water partition coefficient (Wildman–Crippen LogP) is 0.966. The number of hydrogen-bond donors (Lipinski definition) is 1. The van der Waals surface area contributed by atoms with Crippen molar-refractivity contribution in [1.29, 1.82) is 0 Å². The Balaban J connectivity index is 1.52. The van der Waals surface area contributed by atoms with Gasteiger partial charge in [-0.25, -0.2) is 0 Å². The molecule has 2 heterocycles. The molecule has 1 saturated carbocycles. The average Bonchev–Trinajstić information content (AvgIpc) is 2.94. The molecule has 2 atom stereocenters. The summed E-state index contributed by atoms with van der Waals surface area (Å²) in [6.45, 7) is 7.43. The second kappa shape index (κ2) is 4.84. The molecule has 98 valence electrons. The van der Waals surface area contributed by atoms with Gasteiger partial charge in [-0.3, -0.25) is 4.90 Å². The molecule has 4 heteroatoms. The third kappa shape index (κ3) is 2.50. The van der Waals surface area contributed by atoms with Crippen molar-refractivity contribution in [1.82, 2.24) is 10.2 Å². The third-order valence-electron chi connectivity index (χ3n) is 4.36. The number of hydrogen-bond acceptors (Lipinski definition) is 4. The van der Waals surface area contributed by atoms with E-state index < -0.39 is 0 Å². The molecule has 17 heavy (non-hydrogen) atoms. The van der Waals surface area contributed by atoms with Crippen molar-refractivity contribution in [2.75, 3.05) is 32.8 Å². The van der Waals surface area contributed by atoms with E-state index in [4.69, 9.17) is 9.47 Å². The standard InChI is InChI=1S/C13H24N2O2/c1-11-8-14-6-7-15(11)9-12-10-16-13(17-12)4-2-3-5-13/h11-12,14H,2-10H2,1H3/t11-,12?/m0/s1. The molecule has 2 saturated heterocycles. The van der Waals surface area contributed by atoms with Crippen LogP contribution in [0.1, 0.15) is 32.6 Å². The number of nitrogens with zero attached hydrogens (tertiary/aromatic N) is 1.